The Morgan fingerprint density at radius 3 is 2.60 bits per heavy atom. The molecule has 6 heteroatoms. The van der Waals surface area contributed by atoms with Crippen LogP contribution in [0.25, 0.3) is 11.3 Å². The zero-order valence-corrected chi connectivity index (χ0v) is 18.2. The number of fused-ring (bicyclic) bond motifs is 1. The molecule has 0 saturated heterocycles. The van der Waals surface area contributed by atoms with E-state index in [1.54, 1.807) is 0 Å². The first kappa shape index (κ1) is 21.1. The number of hydrogen-bond donors (Lipinski definition) is 1. The van der Waals surface area contributed by atoms with Gasteiger partial charge in [-0.05, 0) is 68.4 Å². The van der Waals surface area contributed by atoms with Crippen LogP contribution >= 0.6 is 11.6 Å². The Kier molecular flexibility index (Phi) is 6.90. The molecule has 0 spiro atoms. The predicted molar refractivity (Wildman–Crippen MR) is 120 cm³/mol. The van der Waals surface area contributed by atoms with Crippen LogP contribution in [0.1, 0.15) is 51.1 Å². The lowest BCUT2D eigenvalue weighted by molar-refractivity contribution is 0.0946. The van der Waals surface area contributed by atoms with Gasteiger partial charge >= 0.3 is 0 Å². The van der Waals surface area contributed by atoms with Crippen molar-refractivity contribution in [1.29, 1.82) is 0 Å². The maximum atomic E-state index is 9.30. The number of benzene rings is 1. The minimum atomic E-state index is 0.177. The van der Waals surface area contributed by atoms with Gasteiger partial charge in [-0.15, -0.1) is 0 Å². The van der Waals surface area contributed by atoms with Gasteiger partial charge in [-0.2, -0.15) is 0 Å². The van der Waals surface area contributed by atoms with Crippen LogP contribution in [-0.4, -0.2) is 35.3 Å². The van der Waals surface area contributed by atoms with Gasteiger partial charge in [0.05, 0.1) is 35.1 Å². The molecule has 4 rings (SSSR count). The van der Waals surface area contributed by atoms with Crippen LogP contribution in [0, 0.1) is 5.92 Å². The SMILES string of the molecule is CCCCOc1ccc(-c2nc3c(cc2Cl)N=C(OC2CCC(CO)CC2)C3)cc1. The monoisotopic (exact) mass is 428 g/mol. The second-order valence-electron chi connectivity index (χ2n) is 8.14. The molecule has 0 radical (unpaired) electrons. The third-order valence-corrected chi connectivity index (χ3v) is 6.13. The number of aromatic nitrogens is 1. The standard InChI is InChI=1S/C24H29ClN2O3/c1-2-3-12-29-18-10-6-17(7-11-18)24-20(25)13-21-22(27-24)14-23(26-21)30-19-8-4-16(15-28)5-9-19/h6-7,10-11,13,16,19,28H,2-5,8-9,12,14-15H2,1H3. The van der Waals surface area contributed by atoms with E-state index in [1.165, 1.54) is 0 Å². The Morgan fingerprint density at radius 1 is 1.13 bits per heavy atom. The van der Waals surface area contributed by atoms with E-state index in [4.69, 9.17) is 26.1 Å². The average molecular weight is 429 g/mol. The largest absolute Gasteiger partial charge is 0.494 e. The first-order chi connectivity index (χ1) is 14.7. The molecule has 1 aromatic carbocycles. The molecular formula is C24H29ClN2O3. The lowest BCUT2D eigenvalue weighted by atomic mass is 9.88. The highest BCUT2D eigenvalue weighted by Gasteiger charge is 2.26. The van der Waals surface area contributed by atoms with Crippen LogP contribution in [0.2, 0.25) is 5.02 Å². The van der Waals surface area contributed by atoms with Gasteiger partial charge in [0.2, 0.25) is 0 Å². The van der Waals surface area contributed by atoms with Gasteiger partial charge < -0.3 is 14.6 Å². The molecule has 160 valence electrons. The second-order valence-corrected chi connectivity index (χ2v) is 8.54. The number of hydrogen-bond acceptors (Lipinski definition) is 5. The van der Waals surface area contributed by atoms with Crippen LogP contribution in [0.15, 0.2) is 35.3 Å². The predicted octanol–water partition coefficient (Wildman–Crippen LogP) is 5.73. The highest BCUT2D eigenvalue weighted by Crippen LogP contribution is 2.36. The zero-order valence-electron chi connectivity index (χ0n) is 17.4. The van der Waals surface area contributed by atoms with Crippen LogP contribution in [0.3, 0.4) is 0 Å². The smallest absolute Gasteiger partial charge is 0.194 e. The minimum absolute atomic E-state index is 0.177. The van der Waals surface area contributed by atoms with Gasteiger partial charge in [-0.3, -0.25) is 0 Å². The molecule has 1 saturated carbocycles. The topological polar surface area (TPSA) is 63.9 Å². The van der Waals surface area contributed by atoms with Gasteiger partial charge in [0, 0.05) is 12.2 Å². The van der Waals surface area contributed by atoms with E-state index in [9.17, 15) is 5.11 Å². The van der Waals surface area contributed by atoms with Crippen molar-refractivity contribution in [3.8, 4) is 17.0 Å². The van der Waals surface area contributed by atoms with Crippen LogP contribution in [0.4, 0.5) is 5.69 Å². The van der Waals surface area contributed by atoms with Crippen molar-refractivity contribution in [2.24, 2.45) is 10.9 Å². The molecule has 30 heavy (non-hydrogen) atoms. The number of aliphatic hydroxyl groups excluding tert-OH is 1. The molecule has 1 N–H and O–H groups in total. The summed E-state index contributed by atoms with van der Waals surface area (Å²) in [6.45, 7) is 3.15. The Balaban J connectivity index is 1.41. The molecule has 5 nitrogen and oxygen atoms in total. The molecule has 1 aliphatic heterocycles. The molecular weight excluding hydrogens is 400 g/mol. The summed E-state index contributed by atoms with van der Waals surface area (Å²) in [5, 5.41) is 9.88. The fourth-order valence-electron chi connectivity index (χ4n) is 4.00. The highest BCUT2D eigenvalue weighted by atomic mass is 35.5. The minimum Gasteiger partial charge on any atom is -0.494 e. The summed E-state index contributed by atoms with van der Waals surface area (Å²) in [6.07, 6.45) is 6.88. The summed E-state index contributed by atoms with van der Waals surface area (Å²) >= 11 is 6.53. The Morgan fingerprint density at radius 2 is 1.90 bits per heavy atom. The summed E-state index contributed by atoms with van der Waals surface area (Å²) in [7, 11) is 0. The third-order valence-electron chi connectivity index (χ3n) is 5.84. The Labute approximate surface area is 183 Å². The molecule has 1 aliphatic carbocycles. The van der Waals surface area contributed by atoms with Crippen molar-refractivity contribution in [1.82, 2.24) is 4.98 Å². The van der Waals surface area contributed by atoms with Crippen molar-refractivity contribution in [3.05, 3.63) is 41.0 Å². The molecule has 2 heterocycles. The van der Waals surface area contributed by atoms with Crippen molar-refractivity contribution >= 4 is 23.2 Å². The van der Waals surface area contributed by atoms with Gasteiger partial charge in [-0.25, -0.2) is 9.98 Å². The van der Waals surface area contributed by atoms with Crippen molar-refractivity contribution in [2.75, 3.05) is 13.2 Å². The summed E-state index contributed by atoms with van der Waals surface area (Å²) < 4.78 is 11.9. The quantitative estimate of drug-likeness (QED) is 0.571. The Hall–Kier alpha value is -2.11. The first-order valence-electron chi connectivity index (χ1n) is 10.9. The first-order valence-corrected chi connectivity index (χ1v) is 11.3. The number of nitrogens with zero attached hydrogens (tertiary/aromatic N) is 2. The highest BCUT2D eigenvalue weighted by molar-refractivity contribution is 6.33. The summed E-state index contributed by atoms with van der Waals surface area (Å²) in [4.78, 5) is 9.41. The summed E-state index contributed by atoms with van der Waals surface area (Å²) in [5.74, 6) is 2.00. The second kappa shape index (κ2) is 9.80. The van der Waals surface area contributed by atoms with Gasteiger partial charge in [0.15, 0.2) is 5.90 Å². The molecule has 2 aromatic rings. The van der Waals surface area contributed by atoms with Crippen molar-refractivity contribution in [3.63, 3.8) is 0 Å². The fraction of sp³-hybridized carbons (Fsp3) is 0.500. The number of unbranched alkanes of at least 4 members (excludes halogenated alkanes) is 1. The van der Waals surface area contributed by atoms with Gasteiger partial charge in [-0.1, -0.05) is 24.9 Å². The molecule has 2 aliphatic rings. The van der Waals surface area contributed by atoms with Crippen LogP contribution in [-0.2, 0) is 11.2 Å². The number of halogens is 1. The van der Waals surface area contributed by atoms with Gasteiger partial charge in [0.1, 0.15) is 11.9 Å². The lowest BCUT2D eigenvalue weighted by Gasteiger charge is -2.27. The molecule has 0 bridgehead atoms. The molecule has 1 fully saturated rings. The molecule has 0 unspecified atom stereocenters. The van der Waals surface area contributed by atoms with E-state index in [0.29, 0.717) is 17.4 Å². The maximum Gasteiger partial charge on any atom is 0.194 e. The van der Waals surface area contributed by atoms with E-state index in [0.717, 1.165) is 79.4 Å². The number of ether oxygens (including phenoxy) is 2. The fourth-order valence-corrected chi connectivity index (χ4v) is 4.25. The molecule has 1 aromatic heterocycles. The number of pyridine rings is 1. The zero-order chi connectivity index (χ0) is 20.9. The Bertz CT molecular complexity index is 890. The molecule has 0 atom stereocenters. The average Bonchev–Trinajstić information content (AvgIpc) is 3.15. The summed E-state index contributed by atoms with van der Waals surface area (Å²) in [5.41, 5.74) is 3.41. The van der Waals surface area contributed by atoms with E-state index < -0.39 is 0 Å². The van der Waals surface area contributed by atoms with Crippen LogP contribution in [0.5, 0.6) is 5.75 Å². The van der Waals surface area contributed by atoms with E-state index in [1.807, 2.05) is 30.3 Å². The van der Waals surface area contributed by atoms with E-state index in [2.05, 4.69) is 11.9 Å². The van der Waals surface area contributed by atoms with Crippen LogP contribution < -0.4 is 4.74 Å². The van der Waals surface area contributed by atoms with Gasteiger partial charge in [0.25, 0.3) is 0 Å². The maximum absolute atomic E-state index is 9.30. The van der Waals surface area contributed by atoms with Crippen molar-refractivity contribution < 1.29 is 14.6 Å². The van der Waals surface area contributed by atoms with Crippen molar-refractivity contribution in [2.45, 2.75) is 58.0 Å². The molecule has 0 amide bonds. The number of aliphatic imine (C=N–C) groups is 1. The number of rotatable bonds is 7. The normalized spacial score (nSPS) is 20.6. The number of aliphatic hydroxyl groups is 1. The lowest BCUT2D eigenvalue weighted by Crippen LogP contribution is -2.25. The van der Waals surface area contributed by atoms with E-state index in [-0.39, 0.29) is 12.7 Å². The van der Waals surface area contributed by atoms with E-state index >= 15 is 0 Å². The third kappa shape index (κ3) is 4.96. The summed E-state index contributed by atoms with van der Waals surface area (Å²) in [6, 6.07) is 9.79.